The topological polar surface area (TPSA) is 0 Å². The fourth-order valence-electron chi connectivity index (χ4n) is 2.36. The maximum Gasteiger partial charge on any atom is -0.0342 e. The molecule has 0 aliphatic heterocycles. The number of hydrogen-bond acceptors (Lipinski definition) is 0. The summed E-state index contributed by atoms with van der Waals surface area (Å²) in [7, 11) is 0. The van der Waals surface area contributed by atoms with Crippen LogP contribution in [0.25, 0.3) is 0 Å². The number of rotatable bonds is 4. The highest BCUT2D eigenvalue weighted by Gasteiger charge is 2.22. The third-order valence-corrected chi connectivity index (χ3v) is 2.84. The molecular formula is C11H24. The lowest BCUT2D eigenvalue weighted by Crippen LogP contribution is -2.22. The Kier molecular flexibility index (Phi) is 4.79. The lowest BCUT2D eigenvalue weighted by atomic mass is 9.76. The summed E-state index contributed by atoms with van der Waals surface area (Å²) in [4.78, 5) is 0. The normalized spacial score (nSPS) is 15.0. The van der Waals surface area contributed by atoms with Crippen LogP contribution in [0.2, 0.25) is 0 Å². The molecule has 68 valence electrons. The SMILES string of the molecule is CCC(C)C(C(C)C)C(C)C. The maximum absolute atomic E-state index is 2.38. The van der Waals surface area contributed by atoms with Crippen molar-refractivity contribution in [3.8, 4) is 0 Å². The average Bonchev–Trinajstić information content (AvgIpc) is 1.85. The Balaban J connectivity index is 4.09. The van der Waals surface area contributed by atoms with Gasteiger partial charge >= 0.3 is 0 Å². The predicted molar refractivity (Wildman–Crippen MR) is 52.6 cm³/mol. The summed E-state index contributed by atoms with van der Waals surface area (Å²) in [5, 5.41) is 0. The van der Waals surface area contributed by atoms with Crippen molar-refractivity contribution >= 4 is 0 Å². The van der Waals surface area contributed by atoms with Crippen LogP contribution >= 0.6 is 0 Å². The average molecular weight is 156 g/mol. The molecule has 11 heavy (non-hydrogen) atoms. The molecule has 1 atom stereocenters. The molecule has 0 saturated heterocycles. The molecule has 1 unspecified atom stereocenters. The van der Waals surface area contributed by atoms with Crippen LogP contribution in [0.3, 0.4) is 0 Å². The zero-order valence-corrected chi connectivity index (χ0v) is 9.02. The van der Waals surface area contributed by atoms with E-state index in [9.17, 15) is 0 Å². The van der Waals surface area contributed by atoms with Gasteiger partial charge in [-0.2, -0.15) is 0 Å². The van der Waals surface area contributed by atoms with Gasteiger partial charge in [0, 0.05) is 0 Å². The quantitative estimate of drug-likeness (QED) is 0.578. The van der Waals surface area contributed by atoms with E-state index < -0.39 is 0 Å². The van der Waals surface area contributed by atoms with E-state index in [-0.39, 0.29) is 0 Å². The van der Waals surface area contributed by atoms with Gasteiger partial charge < -0.3 is 0 Å². The molecule has 0 aliphatic carbocycles. The van der Waals surface area contributed by atoms with Crippen LogP contribution in [0.4, 0.5) is 0 Å². The summed E-state index contributed by atoms with van der Waals surface area (Å²) in [5.41, 5.74) is 0. The largest absolute Gasteiger partial charge is 0.0651 e. The van der Waals surface area contributed by atoms with E-state index in [0.29, 0.717) is 0 Å². The molecule has 0 nitrogen and oxygen atoms in total. The van der Waals surface area contributed by atoms with E-state index in [1.807, 2.05) is 0 Å². The molecule has 0 aliphatic rings. The van der Waals surface area contributed by atoms with Gasteiger partial charge in [-0.1, -0.05) is 48.0 Å². The van der Waals surface area contributed by atoms with Gasteiger partial charge in [0.1, 0.15) is 0 Å². The van der Waals surface area contributed by atoms with Crippen molar-refractivity contribution in [3.63, 3.8) is 0 Å². The second kappa shape index (κ2) is 4.79. The standard InChI is InChI=1S/C11H24/c1-7-10(6)11(8(2)3)9(4)5/h8-11H,7H2,1-6H3. The Hall–Kier alpha value is 0. The minimum absolute atomic E-state index is 0.838. The van der Waals surface area contributed by atoms with Gasteiger partial charge in [-0.25, -0.2) is 0 Å². The molecule has 0 fully saturated rings. The number of hydrogen-bond donors (Lipinski definition) is 0. The fraction of sp³-hybridized carbons (Fsp3) is 1.00. The summed E-state index contributed by atoms with van der Waals surface area (Å²) < 4.78 is 0. The van der Waals surface area contributed by atoms with E-state index >= 15 is 0 Å². The first-order chi connectivity index (χ1) is 5.00. The van der Waals surface area contributed by atoms with Crippen molar-refractivity contribution < 1.29 is 0 Å². The van der Waals surface area contributed by atoms with Gasteiger partial charge in [-0.05, 0) is 23.7 Å². The minimum Gasteiger partial charge on any atom is -0.0651 e. The van der Waals surface area contributed by atoms with Crippen LogP contribution in [-0.4, -0.2) is 0 Å². The van der Waals surface area contributed by atoms with Gasteiger partial charge in [-0.3, -0.25) is 0 Å². The van der Waals surface area contributed by atoms with E-state index in [0.717, 1.165) is 23.7 Å². The van der Waals surface area contributed by atoms with Crippen molar-refractivity contribution in [1.29, 1.82) is 0 Å². The van der Waals surface area contributed by atoms with Gasteiger partial charge in [0.15, 0.2) is 0 Å². The van der Waals surface area contributed by atoms with Crippen LogP contribution in [0.15, 0.2) is 0 Å². The summed E-state index contributed by atoms with van der Waals surface area (Å²) in [6, 6.07) is 0. The van der Waals surface area contributed by atoms with Crippen LogP contribution in [0, 0.1) is 23.7 Å². The molecule has 0 radical (unpaired) electrons. The molecule has 0 amide bonds. The smallest absolute Gasteiger partial charge is 0.0342 e. The molecule has 0 aromatic carbocycles. The van der Waals surface area contributed by atoms with Gasteiger partial charge in [0.2, 0.25) is 0 Å². The first-order valence-electron chi connectivity index (χ1n) is 5.00. The second-order valence-corrected chi connectivity index (χ2v) is 4.45. The molecule has 0 spiro atoms. The van der Waals surface area contributed by atoms with E-state index in [1.165, 1.54) is 6.42 Å². The third kappa shape index (κ3) is 3.27. The molecule has 0 heteroatoms. The highest BCUT2D eigenvalue weighted by atomic mass is 14.3. The Morgan fingerprint density at radius 3 is 1.27 bits per heavy atom. The monoisotopic (exact) mass is 156 g/mol. The Bertz CT molecular complexity index is 84.2. The van der Waals surface area contributed by atoms with Crippen LogP contribution < -0.4 is 0 Å². The van der Waals surface area contributed by atoms with Crippen molar-refractivity contribution in [1.82, 2.24) is 0 Å². The van der Waals surface area contributed by atoms with Crippen molar-refractivity contribution in [2.75, 3.05) is 0 Å². The van der Waals surface area contributed by atoms with E-state index in [2.05, 4.69) is 41.5 Å². The molecular weight excluding hydrogens is 132 g/mol. The Labute approximate surface area is 72.4 Å². The molecule has 0 aromatic rings. The molecule has 0 N–H and O–H groups in total. The molecule has 0 aromatic heterocycles. The Morgan fingerprint density at radius 1 is 0.818 bits per heavy atom. The molecule has 0 saturated carbocycles. The Morgan fingerprint density at radius 2 is 1.18 bits per heavy atom. The van der Waals surface area contributed by atoms with Crippen molar-refractivity contribution in [2.24, 2.45) is 23.7 Å². The van der Waals surface area contributed by atoms with Crippen molar-refractivity contribution in [2.45, 2.75) is 48.0 Å². The van der Waals surface area contributed by atoms with Gasteiger partial charge in [0.05, 0.1) is 0 Å². The first-order valence-corrected chi connectivity index (χ1v) is 5.00. The summed E-state index contributed by atoms with van der Waals surface area (Å²) in [6.45, 7) is 14.0. The lowest BCUT2D eigenvalue weighted by molar-refractivity contribution is 0.194. The van der Waals surface area contributed by atoms with Crippen LogP contribution in [-0.2, 0) is 0 Å². The zero-order valence-electron chi connectivity index (χ0n) is 9.02. The van der Waals surface area contributed by atoms with E-state index in [1.54, 1.807) is 0 Å². The minimum atomic E-state index is 0.838. The highest BCUT2D eigenvalue weighted by molar-refractivity contribution is 4.71. The first kappa shape index (κ1) is 11.0. The molecule has 0 heterocycles. The molecule has 0 rings (SSSR count). The van der Waals surface area contributed by atoms with Crippen LogP contribution in [0.1, 0.15) is 48.0 Å². The summed E-state index contributed by atoms with van der Waals surface area (Å²) in [5.74, 6) is 3.46. The lowest BCUT2D eigenvalue weighted by Gasteiger charge is -2.30. The maximum atomic E-state index is 2.38. The van der Waals surface area contributed by atoms with E-state index in [4.69, 9.17) is 0 Å². The fourth-order valence-corrected chi connectivity index (χ4v) is 2.36. The van der Waals surface area contributed by atoms with Crippen molar-refractivity contribution in [3.05, 3.63) is 0 Å². The summed E-state index contributed by atoms with van der Waals surface area (Å²) >= 11 is 0. The second-order valence-electron chi connectivity index (χ2n) is 4.45. The van der Waals surface area contributed by atoms with Gasteiger partial charge in [-0.15, -0.1) is 0 Å². The van der Waals surface area contributed by atoms with Gasteiger partial charge in [0.25, 0.3) is 0 Å². The molecule has 0 bridgehead atoms. The van der Waals surface area contributed by atoms with Crippen LogP contribution in [0.5, 0.6) is 0 Å². The summed E-state index contributed by atoms with van der Waals surface area (Å²) in [6.07, 6.45) is 1.32. The third-order valence-electron chi connectivity index (χ3n) is 2.84. The highest BCUT2D eigenvalue weighted by Crippen LogP contribution is 2.29. The zero-order chi connectivity index (χ0) is 9.02. The predicted octanol–water partition coefficient (Wildman–Crippen LogP) is 3.96.